The molecule has 20 heavy (non-hydrogen) atoms. The fourth-order valence-electron chi connectivity index (χ4n) is 2.03. The zero-order valence-electron chi connectivity index (χ0n) is 11.5. The molecule has 0 saturated carbocycles. The summed E-state index contributed by atoms with van der Waals surface area (Å²) in [5.74, 6) is -0.794. The minimum atomic E-state index is -0.794. The number of nitrogens with zero attached hydrogens (tertiary/aromatic N) is 2. The van der Waals surface area contributed by atoms with Crippen molar-refractivity contribution in [3.63, 3.8) is 0 Å². The SMILES string of the molecule is CCCn1cc(CNC(CC(=O)O)c2cccs2)cn1. The molecular weight excluding hydrogens is 274 g/mol. The molecule has 0 bridgehead atoms. The highest BCUT2D eigenvalue weighted by molar-refractivity contribution is 7.10. The van der Waals surface area contributed by atoms with Gasteiger partial charge in [-0.05, 0) is 17.9 Å². The van der Waals surface area contributed by atoms with E-state index in [-0.39, 0.29) is 12.5 Å². The summed E-state index contributed by atoms with van der Waals surface area (Å²) in [5.41, 5.74) is 1.07. The maximum atomic E-state index is 11.0. The third-order valence-corrected chi connectivity index (χ3v) is 3.94. The molecule has 5 nitrogen and oxygen atoms in total. The van der Waals surface area contributed by atoms with Gasteiger partial charge in [0.25, 0.3) is 0 Å². The Kier molecular flexibility index (Phi) is 5.31. The maximum absolute atomic E-state index is 11.0. The highest BCUT2D eigenvalue weighted by atomic mass is 32.1. The van der Waals surface area contributed by atoms with Crippen molar-refractivity contribution in [2.75, 3.05) is 0 Å². The fraction of sp³-hybridized carbons (Fsp3) is 0.429. The van der Waals surface area contributed by atoms with Gasteiger partial charge in [-0.3, -0.25) is 9.48 Å². The number of aryl methyl sites for hydroxylation is 1. The van der Waals surface area contributed by atoms with Gasteiger partial charge >= 0.3 is 5.97 Å². The van der Waals surface area contributed by atoms with Crippen LogP contribution in [0.5, 0.6) is 0 Å². The highest BCUT2D eigenvalue weighted by Crippen LogP contribution is 2.22. The smallest absolute Gasteiger partial charge is 0.305 e. The minimum absolute atomic E-state index is 0.0869. The first-order chi connectivity index (χ1) is 9.69. The molecule has 2 heterocycles. The van der Waals surface area contributed by atoms with E-state index < -0.39 is 5.97 Å². The lowest BCUT2D eigenvalue weighted by atomic mass is 10.1. The maximum Gasteiger partial charge on any atom is 0.305 e. The molecule has 0 saturated heterocycles. The lowest BCUT2D eigenvalue weighted by Gasteiger charge is -2.14. The van der Waals surface area contributed by atoms with E-state index in [1.54, 1.807) is 11.3 Å². The molecule has 1 unspecified atom stereocenters. The van der Waals surface area contributed by atoms with Crippen LogP contribution in [-0.4, -0.2) is 20.9 Å². The first-order valence-corrected chi connectivity index (χ1v) is 7.57. The predicted molar refractivity (Wildman–Crippen MR) is 78.7 cm³/mol. The Morgan fingerprint density at radius 3 is 3.10 bits per heavy atom. The molecule has 0 aliphatic carbocycles. The van der Waals surface area contributed by atoms with Crippen LogP contribution in [0.25, 0.3) is 0 Å². The van der Waals surface area contributed by atoms with Crippen LogP contribution in [0.1, 0.15) is 36.2 Å². The second-order valence-electron chi connectivity index (χ2n) is 4.66. The standard InChI is InChI=1S/C14H19N3O2S/c1-2-5-17-10-11(9-16-17)8-15-12(7-14(18)19)13-4-3-6-20-13/h3-4,6,9-10,12,15H,2,5,7-8H2,1H3,(H,18,19). The molecule has 0 aliphatic rings. The first-order valence-electron chi connectivity index (χ1n) is 6.69. The van der Waals surface area contributed by atoms with Gasteiger partial charge in [0.1, 0.15) is 0 Å². The van der Waals surface area contributed by atoms with Gasteiger partial charge in [0.2, 0.25) is 0 Å². The Morgan fingerprint density at radius 2 is 2.45 bits per heavy atom. The van der Waals surface area contributed by atoms with Crippen molar-refractivity contribution in [2.24, 2.45) is 0 Å². The van der Waals surface area contributed by atoms with E-state index in [2.05, 4.69) is 17.3 Å². The Balaban J connectivity index is 1.95. The third-order valence-electron chi connectivity index (χ3n) is 2.96. The van der Waals surface area contributed by atoms with E-state index >= 15 is 0 Å². The number of rotatable bonds is 8. The predicted octanol–water partition coefficient (Wildman–Crippen LogP) is 2.66. The lowest BCUT2D eigenvalue weighted by molar-refractivity contribution is -0.137. The van der Waals surface area contributed by atoms with E-state index in [1.807, 2.05) is 34.6 Å². The van der Waals surface area contributed by atoms with Gasteiger partial charge in [-0.1, -0.05) is 13.0 Å². The van der Waals surface area contributed by atoms with Crippen LogP contribution in [-0.2, 0) is 17.9 Å². The van der Waals surface area contributed by atoms with Crippen LogP contribution >= 0.6 is 11.3 Å². The third kappa shape index (κ3) is 4.18. The lowest BCUT2D eigenvalue weighted by Crippen LogP contribution is -2.22. The number of aliphatic carboxylic acids is 1. The van der Waals surface area contributed by atoms with Gasteiger partial charge in [-0.25, -0.2) is 0 Å². The molecule has 0 amide bonds. The summed E-state index contributed by atoms with van der Waals surface area (Å²) in [6.45, 7) is 3.64. The van der Waals surface area contributed by atoms with Crippen molar-refractivity contribution in [1.29, 1.82) is 0 Å². The quantitative estimate of drug-likeness (QED) is 0.785. The van der Waals surface area contributed by atoms with Gasteiger partial charge in [0, 0.05) is 29.7 Å². The normalized spacial score (nSPS) is 12.4. The number of hydrogen-bond acceptors (Lipinski definition) is 4. The van der Waals surface area contributed by atoms with Crippen molar-refractivity contribution in [2.45, 2.75) is 38.9 Å². The highest BCUT2D eigenvalue weighted by Gasteiger charge is 2.16. The van der Waals surface area contributed by atoms with Crippen LogP contribution in [0.3, 0.4) is 0 Å². The van der Waals surface area contributed by atoms with E-state index in [0.717, 1.165) is 23.4 Å². The zero-order valence-corrected chi connectivity index (χ0v) is 12.3. The summed E-state index contributed by atoms with van der Waals surface area (Å²) >= 11 is 1.57. The summed E-state index contributed by atoms with van der Waals surface area (Å²) in [6.07, 6.45) is 4.96. The molecular formula is C14H19N3O2S. The summed E-state index contributed by atoms with van der Waals surface area (Å²) in [4.78, 5) is 12.0. The monoisotopic (exact) mass is 293 g/mol. The molecule has 0 radical (unpaired) electrons. The van der Waals surface area contributed by atoms with Crippen molar-refractivity contribution in [3.05, 3.63) is 40.3 Å². The number of hydrogen-bond donors (Lipinski definition) is 2. The number of carboxylic acids is 1. The molecule has 1 atom stereocenters. The molecule has 0 aliphatic heterocycles. The van der Waals surface area contributed by atoms with E-state index in [1.165, 1.54) is 0 Å². The van der Waals surface area contributed by atoms with Gasteiger partial charge in [-0.2, -0.15) is 5.10 Å². The summed E-state index contributed by atoms with van der Waals surface area (Å²) in [5, 5.41) is 18.5. The first kappa shape index (κ1) is 14.7. The van der Waals surface area contributed by atoms with E-state index in [0.29, 0.717) is 6.54 Å². The molecule has 0 spiro atoms. The van der Waals surface area contributed by atoms with E-state index in [9.17, 15) is 4.79 Å². The topological polar surface area (TPSA) is 67.2 Å². The average molecular weight is 293 g/mol. The Hall–Kier alpha value is -1.66. The number of aromatic nitrogens is 2. The Bertz CT molecular complexity index is 536. The van der Waals surface area contributed by atoms with Crippen molar-refractivity contribution < 1.29 is 9.90 Å². The van der Waals surface area contributed by atoms with Crippen LogP contribution < -0.4 is 5.32 Å². The Labute approximate surface area is 122 Å². The van der Waals surface area contributed by atoms with Crippen molar-refractivity contribution in [1.82, 2.24) is 15.1 Å². The largest absolute Gasteiger partial charge is 0.481 e. The summed E-state index contributed by atoms with van der Waals surface area (Å²) in [7, 11) is 0. The second kappa shape index (κ2) is 7.21. The molecule has 108 valence electrons. The molecule has 2 rings (SSSR count). The molecule has 2 aromatic rings. The number of carbonyl (C=O) groups is 1. The van der Waals surface area contributed by atoms with Crippen LogP contribution in [0.2, 0.25) is 0 Å². The van der Waals surface area contributed by atoms with Crippen LogP contribution in [0, 0.1) is 0 Å². The zero-order chi connectivity index (χ0) is 14.4. The summed E-state index contributed by atoms with van der Waals surface area (Å²) < 4.78 is 1.91. The minimum Gasteiger partial charge on any atom is -0.481 e. The van der Waals surface area contributed by atoms with Crippen LogP contribution in [0.4, 0.5) is 0 Å². The van der Waals surface area contributed by atoms with Crippen molar-refractivity contribution >= 4 is 17.3 Å². The van der Waals surface area contributed by atoms with Gasteiger partial charge in [0.05, 0.1) is 18.7 Å². The number of carboxylic acid groups (broad SMARTS) is 1. The second-order valence-corrected chi connectivity index (χ2v) is 5.64. The van der Waals surface area contributed by atoms with Gasteiger partial charge in [0.15, 0.2) is 0 Å². The Morgan fingerprint density at radius 1 is 1.60 bits per heavy atom. The number of nitrogens with one attached hydrogen (secondary N) is 1. The molecule has 0 fully saturated rings. The van der Waals surface area contributed by atoms with Crippen LogP contribution in [0.15, 0.2) is 29.9 Å². The van der Waals surface area contributed by atoms with Gasteiger partial charge < -0.3 is 10.4 Å². The van der Waals surface area contributed by atoms with Crippen molar-refractivity contribution in [3.8, 4) is 0 Å². The average Bonchev–Trinajstić information content (AvgIpc) is 3.06. The molecule has 2 aromatic heterocycles. The van der Waals surface area contributed by atoms with Gasteiger partial charge in [-0.15, -0.1) is 11.3 Å². The number of thiophene rings is 1. The van der Waals surface area contributed by atoms with E-state index in [4.69, 9.17) is 5.11 Å². The molecule has 0 aromatic carbocycles. The fourth-order valence-corrected chi connectivity index (χ4v) is 2.83. The molecule has 2 N–H and O–H groups in total. The summed E-state index contributed by atoms with van der Waals surface area (Å²) in [6, 6.07) is 3.75. The molecule has 6 heteroatoms.